The quantitative estimate of drug-likeness (QED) is 0.288. The lowest BCUT2D eigenvalue weighted by atomic mass is 9.52. The Hall–Kier alpha value is -1.12. The van der Waals surface area contributed by atoms with E-state index in [0.717, 1.165) is 50.4 Å². The van der Waals surface area contributed by atoms with Crippen LogP contribution in [0.4, 0.5) is 0 Å². The number of hydrogen-bond acceptors (Lipinski definition) is 3. The van der Waals surface area contributed by atoms with E-state index in [1.807, 2.05) is 6.08 Å². The number of unbranched alkanes of at least 4 members (excludes halogenated alkanes) is 6. The van der Waals surface area contributed by atoms with Gasteiger partial charge in [-0.1, -0.05) is 57.9 Å². The Kier molecular flexibility index (Phi) is 7.60. The zero-order valence-corrected chi connectivity index (χ0v) is 20.0. The van der Waals surface area contributed by atoms with Crippen LogP contribution in [-0.2, 0) is 14.3 Å². The van der Waals surface area contributed by atoms with E-state index in [4.69, 9.17) is 4.74 Å². The maximum Gasteiger partial charge on any atom is 0.306 e. The summed E-state index contributed by atoms with van der Waals surface area (Å²) in [5.41, 5.74) is 1.62. The van der Waals surface area contributed by atoms with Gasteiger partial charge in [0.25, 0.3) is 0 Å². The normalized spacial score (nSPS) is 36.9. The van der Waals surface area contributed by atoms with Crippen LogP contribution in [0, 0.1) is 29.1 Å². The first-order chi connectivity index (χ1) is 15.0. The fraction of sp³-hybridized carbons (Fsp3) is 0.857. The molecule has 0 aliphatic heterocycles. The summed E-state index contributed by atoms with van der Waals surface area (Å²) in [6.45, 7) is 4.67. The van der Waals surface area contributed by atoms with Crippen LogP contribution in [-0.4, -0.2) is 17.9 Å². The maximum atomic E-state index is 12.6. The van der Waals surface area contributed by atoms with Gasteiger partial charge in [0.1, 0.15) is 6.10 Å². The van der Waals surface area contributed by atoms with Crippen molar-refractivity contribution in [2.45, 2.75) is 123 Å². The van der Waals surface area contributed by atoms with Gasteiger partial charge in [-0.15, -0.1) is 0 Å². The number of allylic oxidation sites excluding steroid dienone is 1. The second kappa shape index (κ2) is 10.2. The van der Waals surface area contributed by atoms with Gasteiger partial charge in [-0.2, -0.15) is 0 Å². The predicted molar refractivity (Wildman–Crippen MR) is 125 cm³/mol. The number of ketones is 1. The minimum Gasteiger partial charge on any atom is -0.462 e. The highest BCUT2D eigenvalue weighted by Crippen LogP contribution is 2.62. The molecule has 31 heavy (non-hydrogen) atoms. The van der Waals surface area contributed by atoms with Crippen molar-refractivity contribution in [1.29, 1.82) is 0 Å². The molecule has 4 aliphatic carbocycles. The highest BCUT2D eigenvalue weighted by atomic mass is 16.5. The van der Waals surface area contributed by atoms with E-state index in [2.05, 4.69) is 13.8 Å². The molecular weight excluding hydrogens is 384 g/mol. The lowest BCUT2D eigenvalue weighted by Gasteiger charge is -2.53. The number of hydrogen-bond donors (Lipinski definition) is 0. The molecule has 0 aromatic rings. The minimum absolute atomic E-state index is 0.0437. The standard InChI is InChI=1S/C28H44O3/c1-3-4-5-6-7-8-9-10-27(30)31-26-16-15-25-24-13-11-20-19-21(29)12-14-22(20)23(24)17-18-28(25,26)2/h19,22-26H,3-18H2,1-2H3. The molecule has 6 atom stereocenters. The fourth-order valence-corrected chi connectivity index (χ4v) is 7.77. The van der Waals surface area contributed by atoms with Crippen LogP contribution in [0.3, 0.4) is 0 Å². The summed E-state index contributed by atoms with van der Waals surface area (Å²) in [4.78, 5) is 24.5. The SMILES string of the molecule is CCCCCCCCCC(=O)OC1CCC2C3CCC4=CC(=O)CCC4C3CCC12C. The Morgan fingerprint density at radius 3 is 2.55 bits per heavy atom. The number of esters is 1. The van der Waals surface area contributed by atoms with Crippen molar-refractivity contribution < 1.29 is 14.3 Å². The molecule has 0 heterocycles. The number of carbonyl (C=O) groups is 2. The Labute approximate surface area is 189 Å². The van der Waals surface area contributed by atoms with Gasteiger partial charge in [0.05, 0.1) is 0 Å². The summed E-state index contributed by atoms with van der Waals surface area (Å²) in [6, 6.07) is 0. The largest absolute Gasteiger partial charge is 0.462 e. The molecule has 4 rings (SSSR count). The highest BCUT2D eigenvalue weighted by Gasteiger charge is 2.57. The van der Waals surface area contributed by atoms with Gasteiger partial charge in [-0.25, -0.2) is 0 Å². The predicted octanol–water partition coefficient (Wildman–Crippen LogP) is 7.18. The molecule has 3 saturated carbocycles. The van der Waals surface area contributed by atoms with Gasteiger partial charge >= 0.3 is 5.97 Å². The summed E-state index contributed by atoms with van der Waals surface area (Å²) in [7, 11) is 0. The minimum atomic E-state index is 0.0437. The lowest BCUT2D eigenvalue weighted by molar-refractivity contribution is -0.159. The molecule has 3 nitrogen and oxygen atoms in total. The molecule has 3 fully saturated rings. The first-order valence-corrected chi connectivity index (χ1v) is 13.5. The summed E-state index contributed by atoms with van der Waals surface area (Å²) in [6.07, 6.45) is 20.3. The Bertz CT molecular complexity index is 680. The van der Waals surface area contributed by atoms with Gasteiger partial charge in [0.2, 0.25) is 0 Å². The molecule has 174 valence electrons. The number of ether oxygens (including phenoxy) is 1. The van der Waals surface area contributed by atoms with Crippen molar-refractivity contribution in [3.63, 3.8) is 0 Å². The van der Waals surface area contributed by atoms with E-state index in [1.165, 1.54) is 63.4 Å². The third kappa shape index (κ3) is 4.96. The third-order valence-corrected chi connectivity index (χ3v) is 9.47. The average molecular weight is 429 g/mol. The van der Waals surface area contributed by atoms with Crippen molar-refractivity contribution in [2.24, 2.45) is 29.1 Å². The van der Waals surface area contributed by atoms with Crippen molar-refractivity contribution in [3.8, 4) is 0 Å². The van der Waals surface area contributed by atoms with Gasteiger partial charge in [0, 0.05) is 18.3 Å². The second-order valence-corrected chi connectivity index (χ2v) is 11.3. The monoisotopic (exact) mass is 428 g/mol. The van der Waals surface area contributed by atoms with Crippen molar-refractivity contribution in [3.05, 3.63) is 11.6 Å². The van der Waals surface area contributed by atoms with Gasteiger partial charge in [-0.3, -0.25) is 9.59 Å². The van der Waals surface area contributed by atoms with E-state index < -0.39 is 0 Å². The topological polar surface area (TPSA) is 43.4 Å². The highest BCUT2D eigenvalue weighted by molar-refractivity contribution is 5.91. The number of carbonyl (C=O) groups excluding carboxylic acids is 2. The molecule has 0 N–H and O–H groups in total. The summed E-state index contributed by atoms with van der Waals surface area (Å²) in [5, 5.41) is 0. The molecule has 4 aliphatic rings. The van der Waals surface area contributed by atoms with E-state index >= 15 is 0 Å². The fourth-order valence-electron chi connectivity index (χ4n) is 7.77. The molecule has 0 radical (unpaired) electrons. The summed E-state index contributed by atoms with van der Waals surface area (Å²) < 4.78 is 6.13. The molecule has 0 saturated heterocycles. The molecule has 0 aromatic carbocycles. The smallest absolute Gasteiger partial charge is 0.306 e. The summed E-state index contributed by atoms with van der Waals surface area (Å²) in [5.74, 6) is 3.26. The Morgan fingerprint density at radius 1 is 0.968 bits per heavy atom. The molecule has 0 aromatic heterocycles. The number of fused-ring (bicyclic) bond motifs is 5. The van der Waals surface area contributed by atoms with Gasteiger partial charge in [-0.05, 0) is 81.1 Å². The van der Waals surface area contributed by atoms with Crippen LogP contribution in [0.5, 0.6) is 0 Å². The third-order valence-electron chi connectivity index (χ3n) is 9.47. The first-order valence-electron chi connectivity index (χ1n) is 13.5. The second-order valence-electron chi connectivity index (χ2n) is 11.3. The van der Waals surface area contributed by atoms with E-state index in [9.17, 15) is 9.59 Å². The van der Waals surface area contributed by atoms with Crippen LogP contribution in [0.2, 0.25) is 0 Å². The number of rotatable bonds is 9. The van der Waals surface area contributed by atoms with Crippen molar-refractivity contribution in [1.82, 2.24) is 0 Å². The zero-order valence-electron chi connectivity index (χ0n) is 20.0. The van der Waals surface area contributed by atoms with E-state index in [1.54, 1.807) is 0 Å². The van der Waals surface area contributed by atoms with E-state index in [0.29, 0.717) is 24.0 Å². The van der Waals surface area contributed by atoms with Crippen molar-refractivity contribution in [2.75, 3.05) is 0 Å². The van der Waals surface area contributed by atoms with E-state index in [-0.39, 0.29) is 17.5 Å². The zero-order chi connectivity index (χ0) is 21.8. The van der Waals surface area contributed by atoms with Crippen LogP contribution in [0.25, 0.3) is 0 Å². The molecule has 0 bridgehead atoms. The van der Waals surface area contributed by atoms with Crippen LogP contribution in [0.15, 0.2) is 11.6 Å². The first kappa shape index (κ1) is 23.1. The Balaban J connectivity index is 1.27. The van der Waals surface area contributed by atoms with Crippen LogP contribution < -0.4 is 0 Å². The van der Waals surface area contributed by atoms with Crippen molar-refractivity contribution >= 4 is 11.8 Å². The molecular formula is C28H44O3. The molecule has 0 amide bonds. The lowest BCUT2D eigenvalue weighted by Crippen LogP contribution is -2.48. The maximum absolute atomic E-state index is 12.6. The Morgan fingerprint density at radius 2 is 1.74 bits per heavy atom. The van der Waals surface area contributed by atoms with Crippen LogP contribution >= 0.6 is 0 Å². The van der Waals surface area contributed by atoms with Crippen LogP contribution in [0.1, 0.15) is 117 Å². The van der Waals surface area contributed by atoms with Gasteiger partial charge < -0.3 is 4.74 Å². The summed E-state index contributed by atoms with van der Waals surface area (Å²) >= 11 is 0. The average Bonchev–Trinajstić information content (AvgIpc) is 3.09. The molecule has 3 heteroatoms. The van der Waals surface area contributed by atoms with Gasteiger partial charge in [0.15, 0.2) is 5.78 Å². The molecule has 6 unspecified atom stereocenters. The molecule has 0 spiro atoms.